The molecule has 3 nitrogen and oxygen atoms in total. The molecule has 0 bridgehead atoms. The zero-order valence-corrected chi connectivity index (χ0v) is 10.8. The van der Waals surface area contributed by atoms with Crippen molar-refractivity contribution in [3.05, 3.63) is 29.8 Å². The third-order valence-electron chi connectivity index (χ3n) is 3.37. The lowest BCUT2D eigenvalue weighted by Crippen LogP contribution is -2.47. The molecule has 2 rings (SSSR count). The van der Waals surface area contributed by atoms with Crippen LogP contribution in [0.4, 0.5) is 5.69 Å². The van der Waals surface area contributed by atoms with E-state index in [0.717, 1.165) is 39.3 Å². The van der Waals surface area contributed by atoms with Gasteiger partial charge in [-0.05, 0) is 30.7 Å². The molecule has 0 saturated carbocycles. The first-order valence-corrected chi connectivity index (χ1v) is 6.24. The van der Waals surface area contributed by atoms with Crippen molar-refractivity contribution < 1.29 is 4.74 Å². The van der Waals surface area contributed by atoms with Gasteiger partial charge in [-0.25, -0.2) is 0 Å². The van der Waals surface area contributed by atoms with Crippen molar-refractivity contribution in [3.63, 3.8) is 0 Å². The predicted molar refractivity (Wildman–Crippen MR) is 70.5 cm³/mol. The smallest absolute Gasteiger partial charge is 0.0589 e. The molecule has 1 saturated heterocycles. The first-order valence-electron chi connectivity index (χ1n) is 6.24. The third kappa shape index (κ3) is 3.20. The third-order valence-corrected chi connectivity index (χ3v) is 3.37. The van der Waals surface area contributed by atoms with Gasteiger partial charge in [0.15, 0.2) is 0 Å². The average molecular weight is 233 g/mol. The number of rotatable bonds is 4. The zero-order valence-electron chi connectivity index (χ0n) is 10.8. The molecule has 1 aliphatic rings. The molecule has 0 amide bonds. The predicted octanol–water partition coefficient (Wildman–Crippen LogP) is 1.56. The Morgan fingerprint density at radius 2 is 2.06 bits per heavy atom. The zero-order chi connectivity index (χ0) is 12.1. The van der Waals surface area contributed by atoms with Crippen molar-refractivity contribution in [1.82, 2.24) is 4.90 Å². The fraction of sp³-hybridized carbons (Fsp3) is 0.571. The molecule has 1 aliphatic heterocycles. The molecule has 0 aliphatic carbocycles. The van der Waals surface area contributed by atoms with Crippen LogP contribution >= 0.6 is 0 Å². The number of benzene rings is 1. The maximum absolute atomic E-state index is 5.12. The summed E-state index contributed by atoms with van der Waals surface area (Å²) in [5.74, 6) is 0. The largest absolute Gasteiger partial charge is 0.383 e. The van der Waals surface area contributed by atoms with Gasteiger partial charge in [-0.15, -0.1) is 0 Å². The molecule has 1 radical (unpaired) electrons. The molecule has 1 aromatic carbocycles. The maximum atomic E-state index is 5.12. The van der Waals surface area contributed by atoms with E-state index in [1.807, 2.05) is 6.07 Å². The summed E-state index contributed by atoms with van der Waals surface area (Å²) in [6, 6.07) is 9.35. The quantitative estimate of drug-likeness (QED) is 0.785. The molecular formula is C14H21N2O. The number of aryl methyl sites for hydroxylation is 1. The van der Waals surface area contributed by atoms with Gasteiger partial charge in [0.2, 0.25) is 0 Å². The summed E-state index contributed by atoms with van der Waals surface area (Å²) in [4.78, 5) is 4.93. The van der Waals surface area contributed by atoms with Crippen LogP contribution in [0.3, 0.4) is 0 Å². The second-order valence-electron chi connectivity index (χ2n) is 4.53. The van der Waals surface area contributed by atoms with Crippen LogP contribution in [0.5, 0.6) is 0 Å². The van der Waals surface area contributed by atoms with Gasteiger partial charge in [-0.2, -0.15) is 0 Å². The standard InChI is InChI=1S/C14H21N2O/c1-13-5-3-4-6-14(13)16-9-7-15(8-10-16)11-12-17-2/h4-6H,7-12H2,1-2H3. The Kier molecular flexibility index (Phi) is 4.40. The van der Waals surface area contributed by atoms with Crippen molar-refractivity contribution in [2.75, 3.05) is 51.3 Å². The lowest BCUT2D eigenvalue weighted by Gasteiger charge is -2.36. The van der Waals surface area contributed by atoms with Crippen molar-refractivity contribution in [2.45, 2.75) is 6.92 Å². The number of hydrogen-bond acceptors (Lipinski definition) is 3. The molecular weight excluding hydrogens is 212 g/mol. The summed E-state index contributed by atoms with van der Waals surface area (Å²) in [6.07, 6.45) is 0. The molecule has 0 N–H and O–H groups in total. The van der Waals surface area contributed by atoms with E-state index in [0.29, 0.717) is 0 Å². The van der Waals surface area contributed by atoms with Crippen molar-refractivity contribution >= 4 is 5.69 Å². The van der Waals surface area contributed by atoms with E-state index < -0.39 is 0 Å². The average Bonchev–Trinajstić information content (AvgIpc) is 2.38. The Morgan fingerprint density at radius 3 is 2.71 bits per heavy atom. The van der Waals surface area contributed by atoms with E-state index in [1.165, 1.54) is 11.3 Å². The van der Waals surface area contributed by atoms with Crippen LogP contribution in [0.2, 0.25) is 0 Å². The highest BCUT2D eigenvalue weighted by molar-refractivity contribution is 5.53. The van der Waals surface area contributed by atoms with Crippen LogP contribution in [0.1, 0.15) is 5.56 Å². The van der Waals surface area contributed by atoms with Gasteiger partial charge >= 0.3 is 0 Å². The normalized spacial score (nSPS) is 17.4. The van der Waals surface area contributed by atoms with E-state index >= 15 is 0 Å². The van der Waals surface area contributed by atoms with Gasteiger partial charge in [0.25, 0.3) is 0 Å². The second-order valence-corrected chi connectivity index (χ2v) is 4.53. The lowest BCUT2D eigenvalue weighted by atomic mass is 10.1. The monoisotopic (exact) mass is 233 g/mol. The number of anilines is 1. The second kappa shape index (κ2) is 6.03. The highest BCUT2D eigenvalue weighted by Gasteiger charge is 2.17. The van der Waals surface area contributed by atoms with Crippen LogP contribution in [0.25, 0.3) is 0 Å². The lowest BCUT2D eigenvalue weighted by molar-refractivity contribution is 0.144. The highest BCUT2D eigenvalue weighted by atomic mass is 16.5. The first kappa shape index (κ1) is 12.4. The van der Waals surface area contributed by atoms with Gasteiger partial charge < -0.3 is 9.64 Å². The molecule has 17 heavy (non-hydrogen) atoms. The summed E-state index contributed by atoms with van der Waals surface area (Å²) in [6.45, 7) is 8.50. The molecule has 0 spiro atoms. The van der Waals surface area contributed by atoms with Crippen LogP contribution < -0.4 is 4.90 Å². The van der Waals surface area contributed by atoms with E-state index in [-0.39, 0.29) is 0 Å². The summed E-state index contributed by atoms with van der Waals surface area (Å²) in [5.41, 5.74) is 2.67. The number of nitrogens with zero attached hydrogens (tertiary/aromatic N) is 2. The summed E-state index contributed by atoms with van der Waals surface area (Å²) >= 11 is 0. The van der Waals surface area contributed by atoms with Gasteiger partial charge in [-0.1, -0.05) is 6.07 Å². The Labute approximate surface area is 104 Å². The Balaban J connectivity index is 1.89. The Morgan fingerprint density at radius 1 is 1.29 bits per heavy atom. The number of methoxy groups -OCH3 is 1. The van der Waals surface area contributed by atoms with Gasteiger partial charge in [-0.3, -0.25) is 4.90 Å². The fourth-order valence-corrected chi connectivity index (χ4v) is 2.29. The van der Waals surface area contributed by atoms with Crippen LogP contribution in [0.15, 0.2) is 18.2 Å². The molecule has 3 heteroatoms. The molecule has 93 valence electrons. The molecule has 0 unspecified atom stereocenters. The van der Waals surface area contributed by atoms with Crippen LogP contribution in [-0.4, -0.2) is 51.3 Å². The summed E-state index contributed by atoms with van der Waals surface area (Å²) in [7, 11) is 1.76. The summed E-state index contributed by atoms with van der Waals surface area (Å²) in [5, 5.41) is 0. The number of ether oxygens (including phenoxy) is 1. The number of hydrogen-bond donors (Lipinski definition) is 0. The van der Waals surface area contributed by atoms with E-state index in [1.54, 1.807) is 7.11 Å². The highest BCUT2D eigenvalue weighted by Crippen LogP contribution is 2.20. The van der Waals surface area contributed by atoms with E-state index in [9.17, 15) is 0 Å². The number of piperazine rings is 1. The maximum Gasteiger partial charge on any atom is 0.0589 e. The Bertz CT molecular complexity index is 346. The minimum Gasteiger partial charge on any atom is -0.383 e. The van der Waals surface area contributed by atoms with E-state index in [2.05, 4.69) is 34.9 Å². The molecule has 0 atom stereocenters. The van der Waals surface area contributed by atoms with Crippen LogP contribution in [-0.2, 0) is 4.74 Å². The fourth-order valence-electron chi connectivity index (χ4n) is 2.29. The molecule has 0 aromatic heterocycles. The minimum atomic E-state index is 0.833. The summed E-state index contributed by atoms with van der Waals surface area (Å²) < 4.78 is 5.12. The van der Waals surface area contributed by atoms with Crippen molar-refractivity contribution in [2.24, 2.45) is 0 Å². The molecule has 1 fully saturated rings. The van der Waals surface area contributed by atoms with Crippen LogP contribution in [0, 0.1) is 13.0 Å². The Hall–Kier alpha value is -1.06. The van der Waals surface area contributed by atoms with Gasteiger partial charge in [0.05, 0.1) is 6.61 Å². The topological polar surface area (TPSA) is 15.7 Å². The van der Waals surface area contributed by atoms with Gasteiger partial charge in [0, 0.05) is 45.5 Å². The van der Waals surface area contributed by atoms with Crippen molar-refractivity contribution in [1.29, 1.82) is 0 Å². The van der Waals surface area contributed by atoms with Gasteiger partial charge in [0.1, 0.15) is 0 Å². The minimum absolute atomic E-state index is 0.833. The van der Waals surface area contributed by atoms with E-state index in [4.69, 9.17) is 4.74 Å². The SMILES string of the molecule is COCCN1CCN(c2cc[c]cc2C)CC1. The first-order chi connectivity index (χ1) is 8.31. The molecule has 1 heterocycles. The van der Waals surface area contributed by atoms with Crippen molar-refractivity contribution in [3.8, 4) is 0 Å². The molecule has 1 aromatic rings.